The minimum Gasteiger partial charge on any atom is -0.351 e. The second kappa shape index (κ2) is 7.31. The molecule has 1 aromatic rings. The summed E-state index contributed by atoms with van der Waals surface area (Å²) in [7, 11) is -3.47. The Morgan fingerprint density at radius 1 is 1.19 bits per heavy atom. The second-order valence-electron chi connectivity index (χ2n) is 8.19. The summed E-state index contributed by atoms with van der Waals surface area (Å²) < 4.78 is 27.5. The Morgan fingerprint density at radius 2 is 1.85 bits per heavy atom. The lowest BCUT2D eigenvalue weighted by atomic mass is 9.94. The van der Waals surface area contributed by atoms with E-state index in [1.165, 1.54) is 11.1 Å². The number of piperidine rings is 1. The zero-order chi connectivity index (χ0) is 18.9. The Hall–Kier alpha value is -1.40. The molecule has 1 aromatic carbocycles. The second-order valence-corrected chi connectivity index (χ2v) is 10.1. The predicted octanol–water partition coefficient (Wildman–Crippen LogP) is 2.88. The molecule has 3 rings (SSSR count). The number of carbonyl (C=O) groups excluding carboxylic acids is 1. The standard InChI is InChI=1S/C20H30N2O3S/c1-4-20(2,3)21-19(23)16-10-12-22(13-11-16)26(24,25)18-9-8-15-6-5-7-17(15)14-18/h8-9,14,16H,4-7,10-13H2,1-3H3,(H,21,23). The number of nitrogens with zero attached hydrogens (tertiary/aromatic N) is 1. The normalized spacial score (nSPS) is 19.3. The summed E-state index contributed by atoms with van der Waals surface area (Å²) in [5.41, 5.74) is 2.23. The van der Waals surface area contributed by atoms with Crippen LogP contribution in [0.1, 0.15) is 57.6 Å². The molecule has 0 saturated carbocycles. The highest BCUT2D eigenvalue weighted by molar-refractivity contribution is 7.89. The molecule has 1 aliphatic carbocycles. The van der Waals surface area contributed by atoms with Crippen LogP contribution in [0.3, 0.4) is 0 Å². The van der Waals surface area contributed by atoms with Crippen LogP contribution in [-0.4, -0.2) is 37.3 Å². The summed E-state index contributed by atoms with van der Waals surface area (Å²) >= 11 is 0. The molecular weight excluding hydrogens is 348 g/mol. The Balaban J connectivity index is 1.65. The van der Waals surface area contributed by atoms with E-state index in [0.29, 0.717) is 30.8 Å². The Labute approximate surface area is 157 Å². The molecule has 1 amide bonds. The van der Waals surface area contributed by atoms with Crippen LogP contribution in [0.4, 0.5) is 0 Å². The minimum atomic E-state index is -3.47. The third-order valence-electron chi connectivity index (χ3n) is 5.88. The van der Waals surface area contributed by atoms with Crippen molar-refractivity contribution < 1.29 is 13.2 Å². The maximum absolute atomic E-state index is 13.0. The van der Waals surface area contributed by atoms with Crippen molar-refractivity contribution in [1.29, 1.82) is 0 Å². The number of benzene rings is 1. The van der Waals surface area contributed by atoms with Crippen LogP contribution in [0.15, 0.2) is 23.1 Å². The van der Waals surface area contributed by atoms with Crippen LogP contribution in [-0.2, 0) is 27.7 Å². The van der Waals surface area contributed by atoms with Gasteiger partial charge >= 0.3 is 0 Å². The molecule has 0 aromatic heterocycles. The van der Waals surface area contributed by atoms with Crippen LogP contribution >= 0.6 is 0 Å². The molecule has 0 atom stereocenters. The van der Waals surface area contributed by atoms with E-state index in [4.69, 9.17) is 0 Å². The van der Waals surface area contributed by atoms with Crippen LogP contribution in [0, 0.1) is 5.92 Å². The Morgan fingerprint density at radius 3 is 2.50 bits per heavy atom. The number of sulfonamides is 1. The molecule has 1 fully saturated rings. The first kappa shape index (κ1) is 19.4. The maximum Gasteiger partial charge on any atom is 0.243 e. The third kappa shape index (κ3) is 3.96. The fourth-order valence-corrected chi connectivity index (χ4v) is 5.26. The van der Waals surface area contributed by atoms with Crippen LogP contribution in [0.25, 0.3) is 0 Å². The van der Waals surface area contributed by atoms with E-state index in [2.05, 4.69) is 5.32 Å². The molecule has 1 N–H and O–H groups in total. The van der Waals surface area contributed by atoms with Gasteiger partial charge in [-0.2, -0.15) is 4.31 Å². The average molecular weight is 379 g/mol. The van der Waals surface area contributed by atoms with Gasteiger partial charge in [0.2, 0.25) is 15.9 Å². The van der Waals surface area contributed by atoms with Crippen LogP contribution < -0.4 is 5.32 Å². The summed E-state index contributed by atoms with van der Waals surface area (Å²) in [6.45, 7) is 6.89. The van der Waals surface area contributed by atoms with Gasteiger partial charge in [0.05, 0.1) is 4.90 Å². The van der Waals surface area contributed by atoms with Gasteiger partial charge in [-0.15, -0.1) is 0 Å². The van der Waals surface area contributed by atoms with Gasteiger partial charge in [0, 0.05) is 24.5 Å². The van der Waals surface area contributed by atoms with Gasteiger partial charge < -0.3 is 5.32 Å². The zero-order valence-electron chi connectivity index (χ0n) is 16.0. The zero-order valence-corrected chi connectivity index (χ0v) is 16.9. The van der Waals surface area contributed by atoms with E-state index >= 15 is 0 Å². The molecule has 1 saturated heterocycles. The lowest BCUT2D eigenvalue weighted by Crippen LogP contribution is -2.48. The molecule has 0 bridgehead atoms. The molecule has 0 spiro atoms. The Bertz CT molecular complexity index is 778. The quantitative estimate of drug-likeness (QED) is 0.857. The van der Waals surface area contributed by atoms with E-state index in [0.717, 1.165) is 25.7 Å². The molecule has 5 nitrogen and oxygen atoms in total. The first-order valence-corrected chi connectivity index (χ1v) is 11.1. The number of amides is 1. The van der Waals surface area contributed by atoms with Crippen molar-refractivity contribution in [1.82, 2.24) is 9.62 Å². The molecule has 1 heterocycles. The Kier molecular flexibility index (Phi) is 5.45. The topological polar surface area (TPSA) is 66.5 Å². The van der Waals surface area contributed by atoms with Gasteiger partial charge in [-0.05, 0) is 75.6 Å². The molecule has 0 unspecified atom stereocenters. The van der Waals surface area contributed by atoms with E-state index in [1.807, 2.05) is 32.9 Å². The number of carbonyl (C=O) groups is 1. The fourth-order valence-electron chi connectivity index (χ4n) is 3.74. The number of hydrogen-bond acceptors (Lipinski definition) is 3. The van der Waals surface area contributed by atoms with E-state index in [9.17, 15) is 13.2 Å². The summed E-state index contributed by atoms with van der Waals surface area (Å²) in [6, 6.07) is 5.55. The van der Waals surface area contributed by atoms with Crippen molar-refractivity contribution in [2.75, 3.05) is 13.1 Å². The van der Waals surface area contributed by atoms with Crippen LogP contribution in [0.2, 0.25) is 0 Å². The fraction of sp³-hybridized carbons (Fsp3) is 0.650. The summed E-state index contributed by atoms with van der Waals surface area (Å²) in [5, 5.41) is 3.08. The van der Waals surface area contributed by atoms with Gasteiger partial charge in [0.25, 0.3) is 0 Å². The first-order valence-electron chi connectivity index (χ1n) is 9.67. The molecule has 2 aliphatic rings. The maximum atomic E-state index is 13.0. The number of nitrogens with one attached hydrogen (secondary N) is 1. The lowest BCUT2D eigenvalue weighted by Gasteiger charge is -2.33. The first-order chi connectivity index (χ1) is 12.2. The predicted molar refractivity (Wildman–Crippen MR) is 102 cm³/mol. The highest BCUT2D eigenvalue weighted by Gasteiger charge is 2.33. The summed E-state index contributed by atoms with van der Waals surface area (Å²) in [6.07, 6.45) is 5.14. The highest BCUT2D eigenvalue weighted by atomic mass is 32.2. The summed E-state index contributed by atoms with van der Waals surface area (Å²) in [5.74, 6) is -0.0567. The van der Waals surface area contributed by atoms with Crippen molar-refractivity contribution in [3.8, 4) is 0 Å². The van der Waals surface area contributed by atoms with Crippen molar-refractivity contribution in [3.05, 3.63) is 29.3 Å². The lowest BCUT2D eigenvalue weighted by molar-refractivity contribution is -0.127. The molecule has 1 aliphatic heterocycles. The van der Waals surface area contributed by atoms with Crippen molar-refractivity contribution >= 4 is 15.9 Å². The van der Waals surface area contributed by atoms with Gasteiger partial charge in [0.1, 0.15) is 0 Å². The highest BCUT2D eigenvalue weighted by Crippen LogP contribution is 2.28. The van der Waals surface area contributed by atoms with E-state index < -0.39 is 10.0 Å². The number of aryl methyl sites for hydroxylation is 2. The molecule has 0 radical (unpaired) electrons. The van der Waals surface area contributed by atoms with E-state index in [1.54, 1.807) is 10.4 Å². The molecule has 144 valence electrons. The van der Waals surface area contributed by atoms with Crippen molar-refractivity contribution in [3.63, 3.8) is 0 Å². The third-order valence-corrected chi connectivity index (χ3v) is 7.77. The van der Waals surface area contributed by atoms with Crippen LogP contribution in [0.5, 0.6) is 0 Å². The average Bonchev–Trinajstić information content (AvgIpc) is 3.09. The molecule has 6 heteroatoms. The van der Waals surface area contributed by atoms with Crippen molar-refractivity contribution in [2.45, 2.75) is 69.7 Å². The van der Waals surface area contributed by atoms with E-state index in [-0.39, 0.29) is 17.4 Å². The smallest absolute Gasteiger partial charge is 0.243 e. The number of rotatable bonds is 5. The SMILES string of the molecule is CCC(C)(C)NC(=O)C1CCN(S(=O)(=O)c2ccc3c(c2)CCC3)CC1. The van der Waals surface area contributed by atoms with Crippen molar-refractivity contribution in [2.24, 2.45) is 5.92 Å². The summed E-state index contributed by atoms with van der Waals surface area (Å²) in [4.78, 5) is 12.8. The van der Waals surface area contributed by atoms with Gasteiger partial charge in [-0.1, -0.05) is 13.0 Å². The minimum absolute atomic E-state index is 0.0476. The van der Waals surface area contributed by atoms with Gasteiger partial charge in [-0.3, -0.25) is 4.79 Å². The largest absolute Gasteiger partial charge is 0.351 e. The molecule has 26 heavy (non-hydrogen) atoms. The molecular formula is C20H30N2O3S. The monoisotopic (exact) mass is 378 g/mol. The van der Waals surface area contributed by atoms with Gasteiger partial charge in [0.15, 0.2) is 0 Å². The van der Waals surface area contributed by atoms with Gasteiger partial charge in [-0.25, -0.2) is 8.42 Å². The number of hydrogen-bond donors (Lipinski definition) is 1. The number of fused-ring (bicyclic) bond motifs is 1.